The highest BCUT2D eigenvalue weighted by Gasteiger charge is 2.45. The lowest BCUT2D eigenvalue weighted by atomic mass is 9.87. The Labute approximate surface area is 90.8 Å². The maximum atomic E-state index is 12.1. The van der Waals surface area contributed by atoms with Crippen molar-refractivity contribution < 1.29 is 9.53 Å². The van der Waals surface area contributed by atoms with Gasteiger partial charge in [-0.05, 0) is 19.8 Å². The minimum absolute atomic E-state index is 0.0208. The molecule has 0 aromatic carbocycles. The van der Waals surface area contributed by atoms with Crippen LogP contribution in [0.15, 0.2) is 0 Å². The SMILES string of the molecule is CC1OC(C)C(C(=O)N2CC(N)C2)C1C. The van der Waals surface area contributed by atoms with Crippen molar-refractivity contribution in [3.8, 4) is 0 Å². The standard InChI is InChI=1S/C11H20N2O2/c1-6-7(2)15-8(3)10(6)11(14)13-4-9(12)5-13/h6-10H,4-5,12H2,1-3H3. The zero-order valence-corrected chi connectivity index (χ0v) is 9.64. The van der Waals surface area contributed by atoms with Gasteiger partial charge in [-0.25, -0.2) is 0 Å². The predicted molar refractivity (Wildman–Crippen MR) is 57.2 cm³/mol. The minimum Gasteiger partial charge on any atom is -0.374 e. The number of nitrogens with two attached hydrogens (primary N) is 1. The molecule has 2 heterocycles. The summed E-state index contributed by atoms with van der Waals surface area (Å²) >= 11 is 0. The van der Waals surface area contributed by atoms with Crippen LogP contribution in [0.1, 0.15) is 20.8 Å². The van der Waals surface area contributed by atoms with Gasteiger partial charge in [-0.2, -0.15) is 0 Å². The highest BCUT2D eigenvalue weighted by Crippen LogP contribution is 2.34. The quantitative estimate of drug-likeness (QED) is 0.676. The highest BCUT2D eigenvalue weighted by molar-refractivity contribution is 5.81. The lowest BCUT2D eigenvalue weighted by Crippen LogP contribution is -2.60. The fourth-order valence-electron chi connectivity index (χ4n) is 2.60. The Morgan fingerprint density at radius 2 is 1.87 bits per heavy atom. The summed E-state index contributed by atoms with van der Waals surface area (Å²) in [6, 6.07) is 0.180. The van der Waals surface area contributed by atoms with Crippen LogP contribution in [-0.4, -0.2) is 42.1 Å². The van der Waals surface area contributed by atoms with Crippen LogP contribution >= 0.6 is 0 Å². The number of amides is 1. The van der Waals surface area contributed by atoms with Crippen molar-refractivity contribution in [2.24, 2.45) is 17.6 Å². The molecular weight excluding hydrogens is 192 g/mol. The van der Waals surface area contributed by atoms with E-state index >= 15 is 0 Å². The van der Waals surface area contributed by atoms with Crippen molar-refractivity contribution in [3.05, 3.63) is 0 Å². The zero-order chi connectivity index (χ0) is 11.2. The van der Waals surface area contributed by atoms with Crippen LogP contribution in [0, 0.1) is 11.8 Å². The summed E-state index contributed by atoms with van der Waals surface area (Å²) in [5.74, 6) is 0.554. The molecule has 0 aromatic rings. The molecule has 0 spiro atoms. The van der Waals surface area contributed by atoms with Crippen molar-refractivity contribution in [1.29, 1.82) is 0 Å². The molecule has 4 atom stereocenters. The second-order valence-electron chi connectivity index (χ2n) is 4.93. The summed E-state index contributed by atoms with van der Waals surface area (Å²) in [5.41, 5.74) is 5.68. The summed E-state index contributed by atoms with van der Waals surface area (Å²) < 4.78 is 5.67. The molecule has 86 valence electrons. The van der Waals surface area contributed by atoms with Crippen molar-refractivity contribution in [3.63, 3.8) is 0 Å². The number of carbonyl (C=O) groups excluding carboxylic acids is 1. The first-order valence-corrected chi connectivity index (χ1v) is 5.70. The summed E-state index contributed by atoms with van der Waals surface area (Å²) in [6.07, 6.45) is 0.225. The van der Waals surface area contributed by atoms with Crippen molar-refractivity contribution in [1.82, 2.24) is 4.90 Å². The molecule has 0 saturated carbocycles. The summed E-state index contributed by atoms with van der Waals surface area (Å²) in [7, 11) is 0. The molecule has 2 aliphatic heterocycles. The Bertz CT molecular complexity index is 263. The minimum atomic E-state index is 0.0208. The largest absolute Gasteiger partial charge is 0.374 e. The van der Waals surface area contributed by atoms with Crippen LogP contribution < -0.4 is 5.73 Å². The van der Waals surface area contributed by atoms with Crippen molar-refractivity contribution >= 4 is 5.91 Å². The second-order valence-corrected chi connectivity index (χ2v) is 4.93. The van der Waals surface area contributed by atoms with E-state index in [4.69, 9.17) is 10.5 Å². The van der Waals surface area contributed by atoms with Gasteiger partial charge in [0.05, 0.1) is 18.1 Å². The molecule has 2 rings (SSSR count). The molecule has 15 heavy (non-hydrogen) atoms. The van der Waals surface area contributed by atoms with Crippen LogP contribution in [0.2, 0.25) is 0 Å². The summed E-state index contributed by atoms with van der Waals surface area (Å²) in [6.45, 7) is 7.54. The van der Waals surface area contributed by atoms with E-state index in [1.165, 1.54) is 0 Å². The molecule has 0 aliphatic carbocycles. The summed E-state index contributed by atoms with van der Waals surface area (Å²) in [5, 5.41) is 0. The van der Waals surface area contributed by atoms with E-state index in [-0.39, 0.29) is 30.1 Å². The topological polar surface area (TPSA) is 55.6 Å². The molecule has 4 heteroatoms. The van der Waals surface area contributed by atoms with Crippen molar-refractivity contribution in [2.45, 2.75) is 39.0 Å². The molecule has 0 radical (unpaired) electrons. The Balaban J connectivity index is 2.00. The molecule has 0 aromatic heterocycles. The van der Waals surface area contributed by atoms with Gasteiger partial charge in [-0.3, -0.25) is 4.79 Å². The smallest absolute Gasteiger partial charge is 0.228 e. The third-order valence-corrected chi connectivity index (χ3v) is 3.75. The number of rotatable bonds is 1. The normalized spacial score (nSPS) is 41.7. The molecule has 2 N–H and O–H groups in total. The first-order valence-electron chi connectivity index (χ1n) is 5.70. The second kappa shape index (κ2) is 3.76. The number of ether oxygens (including phenoxy) is 1. The van der Waals surface area contributed by atoms with Crippen molar-refractivity contribution in [2.75, 3.05) is 13.1 Å². The van der Waals surface area contributed by atoms with Gasteiger partial charge >= 0.3 is 0 Å². The lowest BCUT2D eigenvalue weighted by Gasteiger charge is -2.39. The predicted octanol–water partition coefficient (Wildman–Crippen LogP) is 0.215. The van der Waals surface area contributed by atoms with Crippen LogP contribution in [0.4, 0.5) is 0 Å². The van der Waals surface area contributed by atoms with Gasteiger partial charge in [0.1, 0.15) is 0 Å². The molecule has 2 fully saturated rings. The number of nitrogens with zero attached hydrogens (tertiary/aromatic N) is 1. The monoisotopic (exact) mass is 212 g/mol. The van der Waals surface area contributed by atoms with E-state index in [1.807, 2.05) is 18.7 Å². The molecular formula is C11H20N2O2. The maximum Gasteiger partial charge on any atom is 0.228 e. The molecule has 4 nitrogen and oxygen atoms in total. The van der Waals surface area contributed by atoms with Crippen LogP contribution in [0.25, 0.3) is 0 Å². The Hall–Kier alpha value is -0.610. The van der Waals surface area contributed by atoms with Gasteiger partial charge in [-0.15, -0.1) is 0 Å². The van der Waals surface area contributed by atoms with Crippen LogP contribution in [0.5, 0.6) is 0 Å². The number of hydrogen-bond donors (Lipinski definition) is 1. The van der Waals surface area contributed by atoms with E-state index in [0.717, 1.165) is 0 Å². The fraction of sp³-hybridized carbons (Fsp3) is 0.909. The Kier molecular flexibility index (Phi) is 2.73. The lowest BCUT2D eigenvalue weighted by molar-refractivity contribution is -0.142. The molecule has 2 aliphatic rings. The van der Waals surface area contributed by atoms with Gasteiger partial charge in [0, 0.05) is 19.1 Å². The maximum absolute atomic E-state index is 12.1. The Morgan fingerprint density at radius 3 is 2.27 bits per heavy atom. The average Bonchev–Trinajstić information content (AvgIpc) is 2.35. The number of likely N-dealkylation sites (tertiary alicyclic amines) is 1. The van der Waals surface area contributed by atoms with E-state index in [0.29, 0.717) is 19.0 Å². The third-order valence-electron chi connectivity index (χ3n) is 3.75. The van der Waals surface area contributed by atoms with E-state index in [1.54, 1.807) is 0 Å². The number of hydrogen-bond acceptors (Lipinski definition) is 3. The fourth-order valence-corrected chi connectivity index (χ4v) is 2.60. The van der Waals surface area contributed by atoms with Crippen LogP contribution in [0.3, 0.4) is 0 Å². The Morgan fingerprint density at radius 1 is 1.27 bits per heavy atom. The third kappa shape index (κ3) is 1.76. The van der Waals surface area contributed by atoms with E-state index < -0.39 is 0 Å². The zero-order valence-electron chi connectivity index (χ0n) is 9.64. The summed E-state index contributed by atoms with van der Waals surface area (Å²) in [4.78, 5) is 14.0. The van der Waals surface area contributed by atoms with Gasteiger partial charge in [-0.1, -0.05) is 6.92 Å². The van der Waals surface area contributed by atoms with Gasteiger partial charge < -0.3 is 15.4 Å². The average molecular weight is 212 g/mol. The molecule has 1 amide bonds. The number of carbonyl (C=O) groups is 1. The first kappa shape index (κ1) is 10.9. The van der Waals surface area contributed by atoms with Gasteiger partial charge in [0.2, 0.25) is 5.91 Å². The van der Waals surface area contributed by atoms with E-state index in [9.17, 15) is 4.79 Å². The van der Waals surface area contributed by atoms with Gasteiger partial charge in [0.25, 0.3) is 0 Å². The van der Waals surface area contributed by atoms with Gasteiger partial charge in [0.15, 0.2) is 0 Å². The molecule has 4 unspecified atom stereocenters. The molecule has 0 bridgehead atoms. The van der Waals surface area contributed by atoms with E-state index in [2.05, 4.69) is 6.92 Å². The highest BCUT2D eigenvalue weighted by atomic mass is 16.5. The molecule has 2 saturated heterocycles. The first-order chi connectivity index (χ1) is 7.00. The van der Waals surface area contributed by atoms with Crippen LogP contribution in [-0.2, 0) is 9.53 Å².